The topological polar surface area (TPSA) is 43.1 Å². The number of carbonyl (C=O) groups excluding carboxylic acids is 1. The molecule has 0 saturated carbocycles. The molecule has 1 aromatic rings. The third-order valence-corrected chi connectivity index (χ3v) is 2.05. The van der Waals surface area contributed by atoms with Gasteiger partial charge in [-0.2, -0.15) is 13.2 Å². The van der Waals surface area contributed by atoms with E-state index in [1.165, 1.54) is 6.07 Å². The molecule has 0 bridgehead atoms. The van der Waals surface area contributed by atoms with Gasteiger partial charge in [-0.25, -0.2) is 0 Å². The zero-order valence-corrected chi connectivity index (χ0v) is 8.32. The van der Waals surface area contributed by atoms with E-state index >= 15 is 0 Å². The van der Waals surface area contributed by atoms with Crippen LogP contribution >= 0.6 is 15.9 Å². The summed E-state index contributed by atoms with van der Waals surface area (Å²) in [6, 6.07) is 3.06. The lowest BCUT2D eigenvalue weighted by Crippen LogP contribution is -2.18. The highest BCUT2D eigenvalue weighted by Gasteiger charge is 2.34. The molecule has 0 fully saturated rings. The predicted molar refractivity (Wildman–Crippen MR) is 47.7 cm³/mol. The molecule has 76 valence electrons. The molecule has 0 radical (unpaired) electrons. The summed E-state index contributed by atoms with van der Waals surface area (Å²) in [5.74, 6) is -1.10. The van der Waals surface area contributed by atoms with Crippen LogP contribution in [0.4, 0.5) is 13.2 Å². The average molecular weight is 268 g/mol. The van der Waals surface area contributed by atoms with E-state index in [1.54, 1.807) is 0 Å². The Morgan fingerprint density at radius 1 is 1.36 bits per heavy atom. The average Bonchev–Trinajstić information content (AvgIpc) is 2.01. The van der Waals surface area contributed by atoms with Crippen molar-refractivity contribution in [2.45, 2.75) is 6.18 Å². The van der Waals surface area contributed by atoms with Gasteiger partial charge in [0, 0.05) is 4.47 Å². The number of amides is 1. The third-order valence-electron chi connectivity index (χ3n) is 1.55. The molecule has 1 amide bonds. The number of rotatable bonds is 1. The lowest BCUT2D eigenvalue weighted by Gasteiger charge is -2.10. The number of alkyl halides is 3. The Morgan fingerprint density at radius 2 is 1.93 bits per heavy atom. The summed E-state index contributed by atoms with van der Waals surface area (Å²) in [5.41, 5.74) is 3.26. The second-order valence-corrected chi connectivity index (χ2v) is 3.47. The molecule has 0 heterocycles. The fourth-order valence-corrected chi connectivity index (χ4v) is 1.33. The molecule has 0 aliphatic heterocycles. The molecular weight excluding hydrogens is 263 g/mol. The van der Waals surface area contributed by atoms with Crippen LogP contribution in [0.3, 0.4) is 0 Å². The number of carbonyl (C=O) groups is 1. The number of hydrogen-bond donors (Lipinski definition) is 1. The van der Waals surface area contributed by atoms with E-state index in [-0.39, 0.29) is 0 Å². The molecule has 6 heteroatoms. The van der Waals surface area contributed by atoms with Gasteiger partial charge in [-0.15, -0.1) is 0 Å². The molecular formula is C8H5BrF3NO. The quantitative estimate of drug-likeness (QED) is 0.835. The first-order valence-corrected chi connectivity index (χ1v) is 4.28. The Bertz CT molecular complexity index is 375. The Labute approximate surface area is 86.0 Å². The molecule has 0 saturated heterocycles. The predicted octanol–water partition coefficient (Wildman–Crippen LogP) is 2.57. The highest BCUT2D eigenvalue weighted by atomic mass is 79.9. The highest BCUT2D eigenvalue weighted by molar-refractivity contribution is 9.10. The normalized spacial score (nSPS) is 11.4. The molecule has 14 heavy (non-hydrogen) atoms. The summed E-state index contributed by atoms with van der Waals surface area (Å²) in [6.45, 7) is 0. The number of nitrogens with two attached hydrogens (primary N) is 1. The minimum Gasteiger partial charge on any atom is -0.366 e. The second kappa shape index (κ2) is 3.61. The van der Waals surface area contributed by atoms with Crippen molar-refractivity contribution >= 4 is 21.8 Å². The van der Waals surface area contributed by atoms with Crippen LogP contribution in [0.25, 0.3) is 0 Å². The van der Waals surface area contributed by atoms with E-state index in [4.69, 9.17) is 5.73 Å². The molecule has 0 aromatic heterocycles. The lowest BCUT2D eigenvalue weighted by molar-refractivity contribution is -0.137. The van der Waals surface area contributed by atoms with Gasteiger partial charge in [-0.05, 0) is 18.2 Å². The summed E-state index contributed by atoms with van der Waals surface area (Å²) in [7, 11) is 0. The van der Waals surface area contributed by atoms with Gasteiger partial charge in [-0.3, -0.25) is 4.79 Å². The summed E-state index contributed by atoms with van der Waals surface area (Å²) in [6.07, 6.45) is -4.56. The molecule has 0 spiro atoms. The minimum atomic E-state index is -4.56. The van der Waals surface area contributed by atoms with Gasteiger partial charge in [0.25, 0.3) is 0 Å². The van der Waals surface area contributed by atoms with Crippen molar-refractivity contribution in [1.82, 2.24) is 0 Å². The lowest BCUT2D eigenvalue weighted by atomic mass is 10.1. The minimum absolute atomic E-state index is 0.374. The Hall–Kier alpha value is -1.04. The van der Waals surface area contributed by atoms with Crippen molar-refractivity contribution in [2.24, 2.45) is 5.73 Å². The molecule has 1 rings (SSSR count). The van der Waals surface area contributed by atoms with E-state index in [0.717, 1.165) is 12.1 Å². The van der Waals surface area contributed by atoms with Crippen molar-refractivity contribution in [2.75, 3.05) is 0 Å². The first-order valence-electron chi connectivity index (χ1n) is 3.49. The van der Waals surface area contributed by atoms with E-state index in [1.807, 2.05) is 0 Å². The SMILES string of the molecule is NC(=O)c1cc(Br)ccc1C(F)(F)F. The fourth-order valence-electron chi connectivity index (χ4n) is 0.968. The first kappa shape index (κ1) is 11.0. The summed E-state index contributed by atoms with van der Waals surface area (Å²) < 4.78 is 37.3. The first-order chi connectivity index (χ1) is 6.32. The Kier molecular flexibility index (Phi) is 2.84. The van der Waals surface area contributed by atoms with Crippen LogP contribution in [0.1, 0.15) is 15.9 Å². The van der Waals surface area contributed by atoms with E-state index in [2.05, 4.69) is 15.9 Å². The summed E-state index contributed by atoms with van der Waals surface area (Å²) >= 11 is 2.96. The molecule has 0 aliphatic carbocycles. The zero-order valence-electron chi connectivity index (χ0n) is 6.73. The zero-order chi connectivity index (χ0) is 10.9. The summed E-state index contributed by atoms with van der Waals surface area (Å²) in [4.78, 5) is 10.7. The van der Waals surface area contributed by atoms with Gasteiger partial charge in [0.2, 0.25) is 5.91 Å². The fraction of sp³-hybridized carbons (Fsp3) is 0.125. The van der Waals surface area contributed by atoms with Crippen molar-refractivity contribution in [3.8, 4) is 0 Å². The Morgan fingerprint density at radius 3 is 2.36 bits per heavy atom. The Balaban J connectivity index is 3.37. The van der Waals surface area contributed by atoms with Crippen LogP contribution in [0.5, 0.6) is 0 Å². The van der Waals surface area contributed by atoms with E-state index < -0.39 is 23.2 Å². The van der Waals surface area contributed by atoms with Crippen molar-refractivity contribution < 1.29 is 18.0 Å². The number of halogens is 4. The summed E-state index contributed by atoms with van der Waals surface area (Å²) in [5, 5.41) is 0. The van der Waals surface area contributed by atoms with E-state index in [9.17, 15) is 18.0 Å². The highest BCUT2D eigenvalue weighted by Crippen LogP contribution is 2.33. The molecule has 2 N–H and O–H groups in total. The maximum Gasteiger partial charge on any atom is 0.417 e. The maximum absolute atomic E-state index is 12.3. The number of primary amides is 1. The largest absolute Gasteiger partial charge is 0.417 e. The van der Waals surface area contributed by atoms with Crippen LogP contribution in [0.2, 0.25) is 0 Å². The van der Waals surface area contributed by atoms with Crippen molar-refractivity contribution in [3.63, 3.8) is 0 Å². The number of benzene rings is 1. The van der Waals surface area contributed by atoms with Crippen LogP contribution in [-0.4, -0.2) is 5.91 Å². The number of hydrogen-bond acceptors (Lipinski definition) is 1. The molecule has 0 atom stereocenters. The van der Waals surface area contributed by atoms with Crippen LogP contribution < -0.4 is 5.73 Å². The standard InChI is InChI=1S/C8H5BrF3NO/c9-4-1-2-6(8(10,11)12)5(3-4)7(13)14/h1-3H,(H2,13,14). The van der Waals surface area contributed by atoms with Gasteiger partial charge in [0.1, 0.15) is 0 Å². The van der Waals surface area contributed by atoms with Gasteiger partial charge in [0.05, 0.1) is 11.1 Å². The monoisotopic (exact) mass is 267 g/mol. The molecule has 1 aromatic carbocycles. The third kappa shape index (κ3) is 2.25. The van der Waals surface area contributed by atoms with Crippen LogP contribution in [0, 0.1) is 0 Å². The van der Waals surface area contributed by atoms with E-state index in [0.29, 0.717) is 4.47 Å². The van der Waals surface area contributed by atoms with Crippen LogP contribution in [-0.2, 0) is 6.18 Å². The molecule has 0 aliphatic rings. The molecule has 0 unspecified atom stereocenters. The van der Waals surface area contributed by atoms with Crippen molar-refractivity contribution in [1.29, 1.82) is 0 Å². The van der Waals surface area contributed by atoms with Gasteiger partial charge >= 0.3 is 6.18 Å². The smallest absolute Gasteiger partial charge is 0.366 e. The second-order valence-electron chi connectivity index (χ2n) is 2.55. The van der Waals surface area contributed by atoms with Crippen LogP contribution in [0.15, 0.2) is 22.7 Å². The maximum atomic E-state index is 12.3. The van der Waals surface area contributed by atoms with Gasteiger partial charge < -0.3 is 5.73 Å². The van der Waals surface area contributed by atoms with Gasteiger partial charge in [-0.1, -0.05) is 15.9 Å². The molecule has 2 nitrogen and oxygen atoms in total. The van der Waals surface area contributed by atoms with Gasteiger partial charge in [0.15, 0.2) is 0 Å². The van der Waals surface area contributed by atoms with Crippen molar-refractivity contribution in [3.05, 3.63) is 33.8 Å².